The predicted octanol–water partition coefficient (Wildman–Crippen LogP) is 5.54. The van der Waals surface area contributed by atoms with Gasteiger partial charge in [0.05, 0.1) is 0 Å². The van der Waals surface area contributed by atoms with E-state index in [0.717, 1.165) is 21.7 Å². The van der Waals surface area contributed by atoms with Gasteiger partial charge in [-0.2, -0.15) is 0 Å². The minimum absolute atomic E-state index is 0.00942. The normalized spacial score (nSPS) is 9.05. The molecule has 0 atom stereocenters. The highest BCUT2D eigenvalue weighted by Crippen LogP contribution is 2.24. The molecule has 0 aromatic heterocycles. The third-order valence-corrected chi connectivity index (χ3v) is 3.34. The molecule has 0 spiro atoms. The van der Waals surface area contributed by atoms with Crippen molar-refractivity contribution in [3.63, 3.8) is 0 Å². The van der Waals surface area contributed by atoms with E-state index in [0.29, 0.717) is 6.54 Å². The first-order chi connectivity index (χ1) is 10.3. The van der Waals surface area contributed by atoms with Gasteiger partial charge in [-0.25, -0.2) is 0 Å². The average molecular weight is 352 g/mol. The highest BCUT2D eigenvalue weighted by Gasteiger charge is 2.10. The minimum Gasteiger partial charge on any atom is -0.352 e. The molecule has 0 saturated heterocycles. The van der Waals surface area contributed by atoms with Gasteiger partial charge in [-0.15, -0.1) is 0 Å². The second-order valence-corrected chi connectivity index (χ2v) is 4.37. The average Bonchev–Trinajstić information content (AvgIpc) is 2.57. The Bertz CT molecular complexity index is 552. The number of amides is 1. The summed E-state index contributed by atoms with van der Waals surface area (Å²) < 4.78 is 0. The van der Waals surface area contributed by atoms with Crippen molar-refractivity contribution in [2.24, 2.45) is 0 Å². The Morgan fingerprint density at radius 1 is 1.00 bits per heavy atom. The van der Waals surface area contributed by atoms with Gasteiger partial charge in [0, 0.05) is 17.4 Å². The zero-order valence-corrected chi connectivity index (χ0v) is 15.3. The van der Waals surface area contributed by atoms with Crippen LogP contribution < -0.4 is 5.32 Å². The molecule has 0 fully saturated rings. The molecule has 0 aliphatic rings. The second kappa shape index (κ2) is 11.3. The van der Waals surface area contributed by atoms with Crippen LogP contribution in [0.15, 0.2) is 36.4 Å². The smallest absolute Gasteiger partial charge is 0.251 e. The molecule has 2 aromatic rings. The number of carbonyl (C=O) groups is 1. The van der Waals surface area contributed by atoms with E-state index in [1.54, 1.807) is 0 Å². The van der Waals surface area contributed by atoms with E-state index < -0.39 is 0 Å². The van der Waals surface area contributed by atoms with Crippen molar-refractivity contribution in [2.45, 2.75) is 39.9 Å². The molecule has 0 radical (unpaired) electrons. The summed E-state index contributed by atoms with van der Waals surface area (Å²) in [6.07, 6.45) is 0. The van der Waals surface area contributed by atoms with Crippen molar-refractivity contribution in [2.75, 3.05) is 6.54 Å². The maximum atomic E-state index is 11.9. The molecule has 1 N–H and O–H groups in total. The molecular weight excluding hydrogens is 326 g/mol. The van der Waals surface area contributed by atoms with Crippen LogP contribution in [0.4, 0.5) is 0 Å². The molecule has 0 aliphatic heterocycles. The van der Waals surface area contributed by atoms with Crippen LogP contribution in [-0.4, -0.2) is 12.5 Å². The van der Waals surface area contributed by atoms with Crippen molar-refractivity contribution < 1.29 is 4.79 Å². The zero-order chi connectivity index (χ0) is 16.3. The largest absolute Gasteiger partial charge is 0.352 e. The maximum absolute atomic E-state index is 11.9. The molecule has 1 amide bonds. The number of nitrogens with one attached hydrogen (secondary N) is 1. The van der Waals surface area contributed by atoms with Crippen LogP contribution in [0.25, 0.3) is 10.8 Å². The molecule has 0 unspecified atom stereocenters. The number of alkyl halides is 1. The number of hydrogen-bond donors (Lipinski definition) is 1. The van der Waals surface area contributed by atoms with E-state index in [-0.39, 0.29) is 5.91 Å². The first kappa shape index (κ1) is 19.7. The SMILES string of the molecule is CC.CC.CCNC(=O)c1ccc(CBr)c2ccccc12. The van der Waals surface area contributed by atoms with E-state index in [4.69, 9.17) is 0 Å². The van der Waals surface area contributed by atoms with E-state index in [2.05, 4.69) is 27.3 Å². The van der Waals surface area contributed by atoms with Gasteiger partial charge >= 0.3 is 0 Å². The Hall–Kier alpha value is -1.35. The van der Waals surface area contributed by atoms with Crippen LogP contribution in [-0.2, 0) is 5.33 Å². The third-order valence-electron chi connectivity index (χ3n) is 2.74. The van der Waals surface area contributed by atoms with E-state index in [9.17, 15) is 4.79 Å². The number of rotatable bonds is 3. The van der Waals surface area contributed by atoms with Crippen molar-refractivity contribution in [3.05, 3.63) is 47.5 Å². The van der Waals surface area contributed by atoms with Gasteiger partial charge in [-0.1, -0.05) is 74.0 Å². The van der Waals surface area contributed by atoms with Gasteiger partial charge < -0.3 is 5.32 Å². The molecule has 21 heavy (non-hydrogen) atoms. The Balaban J connectivity index is 0.000000921. The number of fused-ring (bicyclic) bond motifs is 1. The summed E-state index contributed by atoms with van der Waals surface area (Å²) in [5, 5.41) is 5.78. The van der Waals surface area contributed by atoms with Crippen LogP contribution >= 0.6 is 15.9 Å². The van der Waals surface area contributed by atoms with Gasteiger partial charge in [0.25, 0.3) is 5.91 Å². The molecule has 0 aliphatic carbocycles. The summed E-state index contributed by atoms with van der Waals surface area (Å²) in [5.74, 6) is -0.00942. The molecule has 0 heterocycles. The Kier molecular flexibility index (Phi) is 10.6. The van der Waals surface area contributed by atoms with Crippen LogP contribution in [0.5, 0.6) is 0 Å². The number of benzene rings is 2. The molecule has 0 bridgehead atoms. The fourth-order valence-corrected chi connectivity index (χ4v) is 2.42. The fraction of sp³-hybridized carbons (Fsp3) is 0.389. The number of carbonyl (C=O) groups excluding carboxylic acids is 1. The first-order valence-electron chi connectivity index (χ1n) is 7.62. The summed E-state index contributed by atoms with van der Waals surface area (Å²) in [6.45, 7) is 10.6. The summed E-state index contributed by atoms with van der Waals surface area (Å²) in [7, 11) is 0. The lowest BCUT2D eigenvalue weighted by atomic mass is 10.00. The Labute approximate surface area is 137 Å². The molecule has 2 nitrogen and oxygen atoms in total. The highest BCUT2D eigenvalue weighted by atomic mass is 79.9. The van der Waals surface area contributed by atoms with Gasteiger partial charge in [0.15, 0.2) is 0 Å². The molecule has 2 rings (SSSR count). The zero-order valence-electron chi connectivity index (χ0n) is 13.7. The van der Waals surface area contributed by atoms with Gasteiger partial charge in [-0.05, 0) is 29.3 Å². The molecular formula is C18H26BrNO. The fourth-order valence-electron chi connectivity index (χ4n) is 1.93. The minimum atomic E-state index is -0.00942. The van der Waals surface area contributed by atoms with Crippen LogP contribution in [0, 0.1) is 0 Å². The highest BCUT2D eigenvalue weighted by molar-refractivity contribution is 9.08. The number of halogens is 1. The number of hydrogen-bond acceptors (Lipinski definition) is 1. The lowest BCUT2D eigenvalue weighted by molar-refractivity contribution is 0.0957. The topological polar surface area (TPSA) is 29.1 Å². The summed E-state index contributed by atoms with van der Waals surface area (Å²) in [5.41, 5.74) is 1.95. The predicted molar refractivity (Wildman–Crippen MR) is 97.3 cm³/mol. The standard InChI is InChI=1S/C14H14BrNO.2C2H6/c1-2-16-14(17)13-8-7-10(9-15)11-5-3-4-6-12(11)13;2*1-2/h3-8H,2,9H2,1H3,(H,16,17);2*1-2H3. The first-order valence-corrected chi connectivity index (χ1v) is 8.75. The monoisotopic (exact) mass is 351 g/mol. The van der Waals surface area contributed by atoms with E-state index in [1.807, 2.05) is 65.0 Å². The summed E-state index contributed by atoms with van der Waals surface area (Å²) >= 11 is 3.47. The van der Waals surface area contributed by atoms with Crippen molar-refractivity contribution >= 4 is 32.6 Å². The Morgan fingerprint density at radius 2 is 1.57 bits per heavy atom. The Morgan fingerprint density at radius 3 is 2.10 bits per heavy atom. The summed E-state index contributed by atoms with van der Waals surface area (Å²) in [4.78, 5) is 11.9. The second-order valence-electron chi connectivity index (χ2n) is 3.81. The quantitative estimate of drug-likeness (QED) is 0.722. The van der Waals surface area contributed by atoms with E-state index >= 15 is 0 Å². The molecule has 116 valence electrons. The van der Waals surface area contributed by atoms with Crippen LogP contribution in [0.2, 0.25) is 0 Å². The van der Waals surface area contributed by atoms with Gasteiger partial charge in [0.1, 0.15) is 0 Å². The maximum Gasteiger partial charge on any atom is 0.251 e. The van der Waals surface area contributed by atoms with E-state index in [1.165, 1.54) is 5.56 Å². The summed E-state index contributed by atoms with van der Waals surface area (Å²) in [6, 6.07) is 11.9. The van der Waals surface area contributed by atoms with Gasteiger partial charge in [-0.3, -0.25) is 4.79 Å². The van der Waals surface area contributed by atoms with Crippen LogP contribution in [0.1, 0.15) is 50.5 Å². The van der Waals surface area contributed by atoms with Crippen molar-refractivity contribution in [3.8, 4) is 0 Å². The molecule has 2 aromatic carbocycles. The van der Waals surface area contributed by atoms with Crippen LogP contribution in [0.3, 0.4) is 0 Å². The van der Waals surface area contributed by atoms with Crippen molar-refractivity contribution in [1.29, 1.82) is 0 Å². The van der Waals surface area contributed by atoms with Crippen molar-refractivity contribution in [1.82, 2.24) is 5.32 Å². The lowest BCUT2D eigenvalue weighted by Gasteiger charge is -2.09. The third kappa shape index (κ3) is 5.16. The van der Waals surface area contributed by atoms with Gasteiger partial charge in [0.2, 0.25) is 0 Å². The lowest BCUT2D eigenvalue weighted by Crippen LogP contribution is -2.22. The molecule has 0 saturated carbocycles. The molecule has 3 heteroatoms.